The highest BCUT2D eigenvalue weighted by molar-refractivity contribution is 6.10. The third kappa shape index (κ3) is 3.31. The standard InChI is InChI=1S/C27H20O3/c1-28-27-25-19(10-8-16-23(25)29-21-12-4-2-5-13-21)18-20-11-9-17-24(26(20)27)30-22-14-6-3-7-15-22/h2-18H,1H3. The van der Waals surface area contributed by atoms with E-state index in [-0.39, 0.29) is 0 Å². The van der Waals surface area contributed by atoms with Gasteiger partial charge in [0.05, 0.1) is 17.9 Å². The topological polar surface area (TPSA) is 27.7 Å². The van der Waals surface area contributed by atoms with Gasteiger partial charge in [0.1, 0.15) is 28.7 Å². The molecule has 0 spiro atoms. The molecule has 5 rings (SSSR count). The highest BCUT2D eigenvalue weighted by atomic mass is 16.5. The molecule has 5 aromatic rings. The number of hydrogen-bond donors (Lipinski definition) is 0. The first-order valence-electron chi connectivity index (χ1n) is 9.82. The van der Waals surface area contributed by atoms with Crippen molar-refractivity contribution in [1.29, 1.82) is 0 Å². The number of ether oxygens (including phenoxy) is 3. The van der Waals surface area contributed by atoms with Gasteiger partial charge in [-0.25, -0.2) is 0 Å². The summed E-state index contributed by atoms with van der Waals surface area (Å²) in [4.78, 5) is 0. The van der Waals surface area contributed by atoms with Gasteiger partial charge < -0.3 is 14.2 Å². The van der Waals surface area contributed by atoms with Gasteiger partial charge in [-0.15, -0.1) is 0 Å². The lowest BCUT2D eigenvalue weighted by atomic mass is 10.0. The van der Waals surface area contributed by atoms with Crippen molar-refractivity contribution in [2.24, 2.45) is 0 Å². The smallest absolute Gasteiger partial charge is 0.142 e. The highest BCUT2D eigenvalue weighted by Gasteiger charge is 2.17. The maximum Gasteiger partial charge on any atom is 0.142 e. The molecule has 0 radical (unpaired) electrons. The van der Waals surface area contributed by atoms with E-state index in [2.05, 4.69) is 18.2 Å². The van der Waals surface area contributed by atoms with Crippen molar-refractivity contribution in [2.45, 2.75) is 0 Å². The molecule has 0 N–H and O–H groups in total. The lowest BCUT2D eigenvalue weighted by molar-refractivity contribution is 0.418. The van der Waals surface area contributed by atoms with Crippen molar-refractivity contribution in [3.63, 3.8) is 0 Å². The Morgan fingerprint density at radius 3 is 1.40 bits per heavy atom. The second kappa shape index (κ2) is 7.80. The van der Waals surface area contributed by atoms with Crippen LogP contribution in [0.4, 0.5) is 0 Å². The average molecular weight is 392 g/mol. The van der Waals surface area contributed by atoms with Gasteiger partial charge in [0.25, 0.3) is 0 Å². The summed E-state index contributed by atoms with van der Waals surface area (Å²) in [5.41, 5.74) is 0. The zero-order chi connectivity index (χ0) is 20.3. The molecule has 0 atom stereocenters. The van der Waals surface area contributed by atoms with Crippen LogP contribution in [0, 0.1) is 0 Å². The van der Waals surface area contributed by atoms with Crippen LogP contribution in [0.15, 0.2) is 103 Å². The SMILES string of the molecule is COc1c2c(Oc3ccccc3)cccc2cc2cccc(Oc3ccccc3)c12. The van der Waals surface area contributed by atoms with Gasteiger partial charge in [-0.3, -0.25) is 0 Å². The van der Waals surface area contributed by atoms with E-state index >= 15 is 0 Å². The van der Waals surface area contributed by atoms with E-state index in [1.807, 2.05) is 84.9 Å². The summed E-state index contributed by atoms with van der Waals surface area (Å²) in [7, 11) is 1.69. The van der Waals surface area contributed by atoms with Crippen molar-refractivity contribution in [3.05, 3.63) is 103 Å². The van der Waals surface area contributed by atoms with Gasteiger partial charge in [-0.05, 0) is 53.2 Å². The monoisotopic (exact) mass is 392 g/mol. The molecule has 30 heavy (non-hydrogen) atoms. The second-order valence-corrected chi connectivity index (χ2v) is 6.95. The van der Waals surface area contributed by atoms with Gasteiger partial charge in [-0.2, -0.15) is 0 Å². The summed E-state index contributed by atoms with van der Waals surface area (Å²) in [5.74, 6) is 3.78. The molecule has 0 aliphatic rings. The average Bonchev–Trinajstić information content (AvgIpc) is 2.79. The van der Waals surface area contributed by atoms with Crippen LogP contribution in [-0.4, -0.2) is 7.11 Å². The largest absolute Gasteiger partial charge is 0.495 e. The third-order valence-electron chi connectivity index (χ3n) is 5.03. The minimum Gasteiger partial charge on any atom is -0.495 e. The van der Waals surface area contributed by atoms with E-state index < -0.39 is 0 Å². The van der Waals surface area contributed by atoms with Gasteiger partial charge in [0.15, 0.2) is 0 Å². The molecule has 0 saturated carbocycles. The zero-order valence-electron chi connectivity index (χ0n) is 16.5. The predicted molar refractivity (Wildman–Crippen MR) is 121 cm³/mol. The van der Waals surface area contributed by atoms with E-state index in [9.17, 15) is 0 Å². The fourth-order valence-electron chi connectivity index (χ4n) is 3.72. The molecule has 0 aromatic heterocycles. The number of fused-ring (bicyclic) bond motifs is 2. The maximum atomic E-state index is 6.22. The Labute approximate surface area is 175 Å². The quantitative estimate of drug-likeness (QED) is 0.288. The van der Waals surface area contributed by atoms with Crippen molar-refractivity contribution >= 4 is 21.5 Å². The van der Waals surface area contributed by atoms with E-state index in [0.29, 0.717) is 0 Å². The van der Waals surface area contributed by atoms with Crippen molar-refractivity contribution in [3.8, 4) is 28.7 Å². The van der Waals surface area contributed by atoms with Gasteiger partial charge in [0, 0.05) is 0 Å². The van der Waals surface area contributed by atoms with E-state index in [4.69, 9.17) is 14.2 Å². The molecule has 3 heteroatoms. The van der Waals surface area contributed by atoms with Crippen molar-refractivity contribution < 1.29 is 14.2 Å². The highest BCUT2D eigenvalue weighted by Crippen LogP contribution is 2.45. The molecule has 146 valence electrons. The normalized spacial score (nSPS) is 10.8. The zero-order valence-corrected chi connectivity index (χ0v) is 16.5. The molecule has 0 saturated heterocycles. The van der Waals surface area contributed by atoms with Gasteiger partial charge >= 0.3 is 0 Å². The minimum atomic E-state index is 0.737. The number of para-hydroxylation sites is 2. The van der Waals surface area contributed by atoms with E-state index in [1.165, 1.54) is 0 Å². The first kappa shape index (κ1) is 18.1. The van der Waals surface area contributed by atoms with Crippen LogP contribution in [-0.2, 0) is 0 Å². The van der Waals surface area contributed by atoms with Crippen molar-refractivity contribution in [2.75, 3.05) is 7.11 Å². The first-order chi connectivity index (χ1) is 14.8. The summed E-state index contributed by atoms with van der Waals surface area (Å²) >= 11 is 0. The van der Waals surface area contributed by atoms with Crippen LogP contribution in [0.3, 0.4) is 0 Å². The molecular formula is C27H20O3. The van der Waals surface area contributed by atoms with Crippen LogP contribution in [0.2, 0.25) is 0 Å². The maximum absolute atomic E-state index is 6.22. The predicted octanol–water partition coefficient (Wildman–Crippen LogP) is 7.59. The molecule has 0 amide bonds. The Bertz CT molecular complexity index is 1210. The molecule has 0 bridgehead atoms. The minimum absolute atomic E-state index is 0.737. The molecule has 3 nitrogen and oxygen atoms in total. The number of hydrogen-bond acceptors (Lipinski definition) is 3. The molecular weight excluding hydrogens is 372 g/mol. The van der Waals surface area contributed by atoms with Crippen LogP contribution >= 0.6 is 0 Å². The Morgan fingerprint density at radius 2 is 0.967 bits per heavy atom. The van der Waals surface area contributed by atoms with E-state index in [0.717, 1.165) is 50.3 Å². The fourth-order valence-corrected chi connectivity index (χ4v) is 3.72. The summed E-state index contributed by atoms with van der Waals surface area (Å²) in [6, 6.07) is 33.7. The second-order valence-electron chi connectivity index (χ2n) is 6.95. The fraction of sp³-hybridized carbons (Fsp3) is 0.0370. The molecule has 0 fully saturated rings. The lowest BCUT2D eigenvalue weighted by Gasteiger charge is -2.17. The Hall–Kier alpha value is -3.98. The molecule has 0 unspecified atom stereocenters. The summed E-state index contributed by atoms with van der Waals surface area (Å²) < 4.78 is 18.4. The van der Waals surface area contributed by atoms with Gasteiger partial charge in [-0.1, -0.05) is 60.7 Å². The van der Waals surface area contributed by atoms with Crippen LogP contribution in [0.25, 0.3) is 21.5 Å². The van der Waals surface area contributed by atoms with E-state index in [1.54, 1.807) is 7.11 Å². The number of rotatable bonds is 5. The summed E-state index contributed by atoms with van der Waals surface area (Å²) in [5, 5.41) is 3.93. The summed E-state index contributed by atoms with van der Waals surface area (Å²) in [6.45, 7) is 0. The number of methoxy groups -OCH3 is 1. The van der Waals surface area contributed by atoms with Crippen LogP contribution in [0.1, 0.15) is 0 Å². The number of benzene rings is 5. The first-order valence-corrected chi connectivity index (χ1v) is 9.82. The molecule has 0 heterocycles. The van der Waals surface area contributed by atoms with Crippen LogP contribution < -0.4 is 14.2 Å². The summed E-state index contributed by atoms with van der Waals surface area (Å²) in [6.07, 6.45) is 0. The third-order valence-corrected chi connectivity index (χ3v) is 5.03. The Balaban J connectivity index is 1.74. The van der Waals surface area contributed by atoms with Crippen molar-refractivity contribution in [1.82, 2.24) is 0 Å². The Kier molecular flexibility index (Phi) is 4.70. The molecule has 0 aliphatic heterocycles. The molecule has 0 aliphatic carbocycles. The van der Waals surface area contributed by atoms with Crippen LogP contribution in [0.5, 0.6) is 28.7 Å². The Morgan fingerprint density at radius 1 is 0.500 bits per heavy atom. The molecule has 5 aromatic carbocycles. The van der Waals surface area contributed by atoms with Gasteiger partial charge in [0.2, 0.25) is 0 Å². The lowest BCUT2D eigenvalue weighted by Crippen LogP contribution is -1.94.